The van der Waals surface area contributed by atoms with E-state index in [1.165, 1.54) is 17.0 Å². The van der Waals surface area contributed by atoms with E-state index in [1.54, 1.807) is 12.1 Å². The molecule has 0 radical (unpaired) electrons. The van der Waals surface area contributed by atoms with Crippen molar-refractivity contribution in [1.82, 2.24) is 4.90 Å². The summed E-state index contributed by atoms with van der Waals surface area (Å²) in [6, 6.07) is 6.16. The Morgan fingerprint density at radius 1 is 1.26 bits per heavy atom. The van der Waals surface area contributed by atoms with Crippen LogP contribution in [-0.4, -0.2) is 47.5 Å². The number of hydrogen-bond acceptors (Lipinski definition) is 4. The fraction of sp³-hybridized carbons (Fsp3) is 0.438. The van der Waals surface area contributed by atoms with E-state index in [2.05, 4.69) is 0 Å². The van der Waals surface area contributed by atoms with Gasteiger partial charge in [0.05, 0.1) is 5.92 Å². The molecule has 1 saturated heterocycles. The van der Waals surface area contributed by atoms with Crippen LogP contribution in [0.3, 0.4) is 0 Å². The minimum Gasteiger partial charge on any atom is -0.484 e. The normalized spacial score (nSPS) is 20.8. The maximum Gasteiger partial charge on any atom is 0.308 e. The zero-order chi connectivity index (χ0) is 17.0. The van der Waals surface area contributed by atoms with Crippen LogP contribution < -0.4 is 10.5 Å². The van der Waals surface area contributed by atoms with Gasteiger partial charge in [-0.3, -0.25) is 14.4 Å². The van der Waals surface area contributed by atoms with Gasteiger partial charge < -0.3 is 20.5 Å². The van der Waals surface area contributed by atoms with E-state index in [9.17, 15) is 14.4 Å². The molecular formula is C16H20N2O5. The molecule has 0 aromatic heterocycles. The molecule has 1 aromatic carbocycles. The van der Waals surface area contributed by atoms with Crippen molar-refractivity contribution in [3.63, 3.8) is 0 Å². The molecule has 0 spiro atoms. The van der Waals surface area contributed by atoms with E-state index >= 15 is 0 Å². The third kappa shape index (κ3) is 4.45. The number of piperidine rings is 1. The molecule has 0 saturated carbocycles. The monoisotopic (exact) mass is 320 g/mol. The summed E-state index contributed by atoms with van der Waals surface area (Å²) in [4.78, 5) is 35.8. The van der Waals surface area contributed by atoms with Gasteiger partial charge in [-0.15, -0.1) is 0 Å². The van der Waals surface area contributed by atoms with Crippen LogP contribution >= 0.6 is 0 Å². The largest absolute Gasteiger partial charge is 0.484 e. The Kier molecular flexibility index (Phi) is 5.20. The number of rotatable bonds is 5. The maximum atomic E-state index is 12.2. The number of primary amides is 1. The van der Waals surface area contributed by atoms with Gasteiger partial charge in [0.2, 0.25) is 5.91 Å². The average molecular weight is 320 g/mol. The molecule has 1 aromatic rings. The smallest absolute Gasteiger partial charge is 0.308 e. The van der Waals surface area contributed by atoms with E-state index in [4.69, 9.17) is 15.6 Å². The van der Waals surface area contributed by atoms with Crippen molar-refractivity contribution >= 4 is 17.8 Å². The van der Waals surface area contributed by atoms with Gasteiger partial charge in [0.25, 0.3) is 5.91 Å². The number of aliphatic carboxylic acids is 1. The third-order valence-electron chi connectivity index (χ3n) is 3.86. The summed E-state index contributed by atoms with van der Waals surface area (Å²) in [5.41, 5.74) is 5.50. The molecule has 2 atom stereocenters. The zero-order valence-corrected chi connectivity index (χ0v) is 12.9. The molecule has 2 rings (SSSR count). The van der Waals surface area contributed by atoms with Crippen molar-refractivity contribution in [1.29, 1.82) is 0 Å². The second-order valence-corrected chi connectivity index (χ2v) is 5.85. The average Bonchev–Trinajstić information content (AvgIpc) is 2.52. The van der Waals surface area contributed by atoms with Gasteiger partial charge in [-0.2, -0.15) is 0 Å². The number of carboxylic acids is 1. The van der Waals surface area contributed by atoms with Crippen LogP contribution in [0.25, 0.3) is 0 Å². The summed E-state index contributed by atoms with van der Waals surface area (Å²) in [5, 5.41) is 9.13. The van der Waals surface area contributed by atoms with E-state index in [-0.39, 0.29) is 25.0 Å². The van der Waals surface area contributed by atoms with Crippen molar-refractivity contribution in [3.8, 4) is 5.75 Å². The highest BCUT2D eigenvalue weighted by Gasteiger charge is 2.31. The van der Waals surface area contributed by atoms with E-state index in [0.717, 1.165) is 0 Å². The Labute approximate surface area is 134 Å². The van der Waals surface area contributed by atoms with Gasteiger partial charge in [-0.25, -0.2) is 0 Å². The molecule has 2 unspecified atom stereocenters. The highest BCUT2D eigenvalue weighted by Crippen LogP contribution is 2.22. The Morgan fingerprint density at radius 2 is 1.91 bits per heavy atom. The van der Waals surface area contributed by atoms with Crippen LogP contribution in [0.4, 0.5) is 0 Å². The van der Waals surface area contributed by atoms with Crippen molar-refractivity contribution in [2.24, 2.45) is 17.6 Å². The van der Waals surface area contributed by atoms with Crippen LogP contribution in [0, 0.1) is 11.8 Å². The molecular weight excluding hydrogens is 300 g/mol. The number of ether oxygens (including phenoxy) is 1. The minimum atomic E-state index is -0.877. The summed E-state index contributed by atoms with van der Waals surface area (Å²) >= 11 is 0. The lowest BCUT2D eigenvalue weighted by Gasteiger charge is -2.34. The first kappa shape index (κ1) is 16.8. The van der Waals surface area contributed by atoms with Crippen molar-refractivity contribution in [3.05, 3.63) is 29.8 Å². The summed E-state index contributed by atoms with van der Waals surface area (Å²) in [6.45, 7) is 2.50. The number of nitrogens with two attached hydrogens (primary N) is 1. The van der Waals surface area contributed by atoms with Gasteiger partial charge in [0.15, 0.2) is 6.61 Å². The second kappa shape index (κ2) is 7.13. The SMILES string of the molecule is CC1CC(C(=O)O)CN(C(=O)COc2ccc(C(N)=O)cc2)C1. The molecule has 3 N–H and O–H groups in total. The van der Waals surface area contributed by atoms with Crippen molar-refractivity contribution in [2.45, 2.75) is 13.3 Å². The number of amides is 2. The molecule has 1 heterocycles. The number of carboxylic acid groups (broad SMARTS) is 1. The zero-order valence-electron chi connectivity index (χ0n) is 12.9. The Bertz CT molecular complexity index is 599. The summed E-state index contributed by atoms with van der Waals surface area (Å²) in [7, 11) is 0. The van der Waals surface area contributed by atoms with Gasteiger partial charge in [-0.05, 0) is 36.6 Å². The van der Waals surface area contributed by atoms with Crippen molar-refractivity contribution in [2.75, 3.05) is 19.7 Å². The molecule has 1 fully saturated rings. The first-order valence-corrected chi connectivity index (χ1v) is 7.40. The minimum absolute atomic E-state index is 0.142. The Balaban J connectivity index is 1.91. The molecule has 0 aliphatic carbocycles. The third-order valence-corrected chi connectivity index (χ3v) is 3.86. The Morgan fingerprint density at radius 3 is 2.48 bits per heavy atom. The van der Waals surface area contributed by atoms with Crippen LogP contribution in [-0.2, 0) is 9.59 Å². The molecule has 2 amide bonds. The number of carbonyl (C=O) groups excluding carboxylic acids is 2. The standard InChI is InChI=1S/C16H20N2O5/c1-10-6-12(16(21)22)8-18(7-10)14(19)9-23-13-4-2-11(3-5-13)15(17)20/h2-5,10,12H,6-9H2,1H3,(H2,17,20)(H,21,22). The van der Waals surface area contributed by atoms with Gasteiger partial charge in [-0.1, -0.05) is 6.92 Å². The molecule has 23 heavy (non-hydrogen) atoms. The quantitative estimate of drug-likeness (QED) is 0.831. The number of hydrogen-bond donors (Lipinski definition) is 2. The van der Waals surface area contributed by atoms with E-state index in [0.29, 0.717) is 24.3 Å². The van der Waals surface area contributed by atoms with Crippen molar-refractivity contribution < 1.29 is 24.2 Å². The molecule has 1 aliphatic heterocycles. The number of benzene rings is 1. The van der Waals surface area contributed by atoms with Gasteiger partial charge in [0, 0.05) is 18.7 Å². The number of likely N-dealkylation sites (tertiary alicyclic amines) is 1. The second-order valence-electron chi connectivity index (χ2n) is 5.85. The predicted octanol–water partition coefficient (Wildman–Crippen LogP) is 0.734. The molecule has 1 aliphatic rings. The lowest BCUT2D eigenvalue weighted by molar-refractivity contribution is -0.147. The van der Waals surface area contributed by atoms with Crippen LogP contribution in [0.5, 0.6) is 5.75 Å². The lowest BCUT2D eigenvalue weighted by atomic mass is 9.90. The van der Waals surface area contributed by atoms with Gasteiger partial charge in [0.1, 0.15) is 5.75 Å². The predicted molar refractivity (Wildman–Crippen MR) is 81.9 cm³/mol. The van der Waals surface area contributed by atoms with Crippen LogP contribution in [0.15, 0.2) is 24.3 Å². The molecule has 7 nitrogen and oxygen atoms in total. The lowest BCUT2D eigenvalue weighted by Crippen LogP contribution is -2.47. The highest BCUT2D eigenvalue weighted by atomic mass is 16.5. The summed E-state index contributed by atoms with van der Waals surface area (Å²) in [6.07, 6.45) is 0.578. The van der Waals surface area contributed by atoms with Gasteiger partial charge >= 0.3 is 5.97 Å². The first-order valence-electron chi connectivity index (χ1n) is 7.40. The first-order chi connectivity index (χ1) is 10.9. The molecule has 0 bridgehead atoms. The number of carbonyl (C=O) groups is 3. The van der Waals surface area contributed by atoms with Crippen LogP contribution in [0.2, 0.25) is 0 Å². The fourth-order valence-electron chi connectivity index (χ4n) is 2.69. The van der Waals surface area contributed by atoms with E-state index in [1.807, 2.05) is 6.92 Å². The summed E-state index contributed by atoms with van der Waals surface area (Å²) < 4.78 is 5.40. The maximum absolute atomic E-state index is 12.2. The highest BCUT2D eigenvalue weighted by molar-refractivity contribution is 5.92. The Hall–Kier alpha value is -2.57. The topological polar surface area (TPSA) is 110 Å². The van der Waals surface area contributed by atoms with E-state index < -0.39 is 17.8 Å². The fourth-order valence-corrected chi connectivity index (χ4v) is 2.69. The molecule has 7 heteroatoms. The van der Waals surface area contributed by atoms with Crippen LogP contribution in [0.1, 0.15) is 23.7 Å². The number of nitrogens with zero attached hydrogens (tertiary/aromatic N) is 1. The molecule has 124 valence electrons. The summed E-state index contributed by atoms with van der Waals surface area (Å²) in [5.74, 6) is -1.60.